The van der Waals surface area contributed by atoms with Crippen molar-refractivity contribution >= 4 is 23.3 Å². The summed E-state index contributed by atoms with van der Waals surface area (Å²) < 4.78 is 0. The molecular weight excluding hydrogens is 246 g/mol. The Balaban J connectivity index is 2.21. The molecule has 19 heavy (non-hydrogen) atoms. The lowest BCUT2D eigenvalue weighted by Crippen LogP contribution is -2.26. The fourth-order valence-electron chi connectivity index (χ4n) is 1.67. The SMILES string of the molecule is CN(CC(=O)O)c1cc(N(C)c2cc[nH]c2)ncn1. The van der Waals surface area contributed by atoms with Crippen molar-refractivity contribution in [3.05, 3.63) is 30.9 Å². The van der Waals surface area contributed by atoms with Gasteiger partial charge in [0.2, 0.25) is 0 Å². The van der Waals surface area contributed by atoms with Gasteiger partial charge in [-0.15, -0.1) is 0 Å². The van der Waals surface area contributed by atoms with Crippen molar-refractivity contribution in [3.8, 4) is 0 Å². The van der Waals surface area contributed by atoms with Gasteiger partial charge in [0.15, 0.2) is 0 Å². The number of carboxylic acids is 1. The first-order valence-electron chi connectivity index (χ1n) is 5.69. The molecule has 2 N–H and O–H groups in total. The van der Waals surface area contributed by atoms with E-state index in [4.69, 9.17) is 5.11 Å². The first kappa shape index (κ1) is 12.9. The minimum Gasteiger partial charge on any atom is -0.480 e. The van der Waals surface area contributed by atoms with Gasteiger partial charge in [-0.2, -0.15) is 0 Å². The van der Waals surface area contributed by atoms with Crippen LogP contribution in [0.1, 0.15) is 0 Å². The normalized spacial score (nSPS) is 10.2. The molecule has 2 aromatic rings. The highest BCUT2D eigenvalue weighted by molar-refractivity contribution is 5.73. The minimum atomic E-state index is -0.901. The molecule has 2 aromatic heterocycles. The Morgan fingerprint density at radius 1 is 1.37 bits per heavy atom. The summed E-state index contributed by atoms with van der Waals surface area (Å²) in [6.45, 7) is -0.107. The number of aromatic nitrogens is 3. The van der Waals surface area contributed by atoms with Gasteiger partial charge in [-0.1, -0.05) is 0 Å². The van der Waals surface area contributed by atoms with Crippen LogP contribution in [0.25, 0.3) is 0 Å². The van der Waals surface area contributed by atoms with E-state index in [1.165, 1.54) is 6.33 Å². The van der Waals surface area contributed by atoms with E-state index >= 15 is 0 Å². The Morgan fingerprint density at radius 3 is 2.74 bits per heavy atom. The monoisotopic (exact) mass is 261 g/mol. The van der Waals surface area contributed by atoms with Crippen LogP contribution >= 0.6 is 0 Å². The number of rotatable bonds is 5. The van der Waals surface area contributed by atoms with Gasteiger partial charge in [0.25, 0.3) is 0 Å². The average molecular weight is 261 g/mol. The number of anilines is 3. The molecule has 0 radical (unpaired) electrons. The van der Waals surface area contributed by atoms with E-state index in [0.29, 0.717) is 11.6 Å². The lowest BCUT2D eigenvalue weighted by Gasteiger charge is -2.20. The van der Waals surface area contributed by atoms with E-state index in [0.717, 1.165) is 5.69 Å². The van der Waals surface area contributed by atoms with Gasteiger partial charge in [-0.05, 0) is 6.07 Å². The number of hydrogen-bond acceptors (Lipinski definition) is 5. The smallest absolute Gasteiger partial charge is 0.323 e. The number of carboxylic acid groups (broad SMARTS) is 1. The average Bonchev–Trinajstić information content (AvgIpc) is 2.91. The van der Waals surface area contributed by atoms with Crippen LogP contribution in [-0.2, 0) is 4.79 Å². The van der Waals surface area contributed by atoms with E-state index in [2.05, 4.69) is 15.0 Å². The van der Waals surface area contributed by atoms with Crippen LogP contribution in [-0.4, -0.2) is 46.7 Å². The third kappa shape index (κ3) is 3.01. The minimum absolute atomic E-state index is 0.107. The second-order valence-electron chi connectivity index (χ2n) is 4.11. The molecule has 0 saturated heterocycles. The summed E-state index contributed by atoms with van der Waals surface area (Å²) in [5.41, 5.74) is 0.963. The van der Waals surface area contributed by atoms with Crippen molar-refractivity contribution < 1.29 is 9.90 Å². The molecule has 0 saturated carbocycles. The van der Waals surface area contributed by atoms with Gasteiger partial charge in [0, 0.05) is 32.6 Å². The lowest BCUT2D eigenvalue weighted by atomic mass is 10.4. The quantitative estimate of drug-likeness (QED) is 0.838. The van der Waals surface area contributed by atoms with Gasteiger partial charge < -0.3 is 19.9 Å². The van der Waals surface area contributed by atoms with E-state index < -0.39 is 5.97 Å². The third-order valence-electron chi connectivity index (χ3n) is 2.71. The number of hydrogen-bond donors (Lipinski definition) is 2. The first-order chi connectivity index (χ1) is 9.08. The fraction of sp³-hybridized carbons (Fsp3) is 0.250. The molecule has 2 heterocycles. The number of aliphatic carboxylic acids is 1. The van der Waals surface area contributed by atoms with Gasteiger partial charge in [0.05, 0.1) is 5.69 Å². The molecule has 2 rings (SSSR count). The van der Waals surface area contributed by atoms with Gasteiger partial charge in [0.1, 0.15) is 24.5 Å². The number of nitrogens with one attached hydrogen (secondary N) is 1. The fourth-order valence-corrected chi connectivity index (χ4v) is 1.67. The Hall–Kier alpha value is -2.57. The van der Waals surface area contributed by atoms with E-state index in [9.17, 15) is 4.79 Å². The predicted octanol–water partition coefficient (Wildman–Crippen LogP) is 1.09. The number of nitrogens with zero attached hydrogens (tertiary/aromatic N) is 4. The molecule has 0 aliphatic heterocycles. The Bertz CT molecular complexity index is 555. The third-order valence-corrected chi connectivity index (χ3v) is 2.71. The summed E-state index contributed by atoms with van der Waals surface area (Å²) in [6, 6.07) is 3.67. The van der Waals surface area contributed by atoms with E-state index in [1.54, 1.807) is 18.0 Å². The summed E-state index contributed by atoms with van der Waals surface area (Å²) in [4.78, 5) is 25.4. The zero-order valence-electron chi connectivity index (χ0n) is 10.7. The van der Waals surface area contributed by atoms with Crippen molar-refractivity contribution in [1.29, 1.82) is 0 Å². The summed E-state index contributed by atoms with van der Waals surface area (Å²) >= 11 is 0. The Morgan fingerprint density at radius 2 is 2.11 bits per heavy atom. The second-order valence-corrected chi connectivity index (χ2v) is 4.11. The van der Waals surface area contributed by atoms with Crippen LogP contribution in [0.5, 0.6) is 0 Å². The Labute approximate surface area is 110 Å². The van der Waals surface area contributed by atoms with Crippen molar-refractivity contribution in [3.63, 3.8) is 0 Å². The molecule has 0 aliphatic rings. The highest BCUT2D eigenvalue weighted by Gasteiger charge is 2.11. The number of H-pyrrole nitrogens is 1. The predicted molar refractivity (Wildman–Crippen MR) is 71.8 cm³/mol. The molecular formula is C12H15N5O2. The molecule has 100 valence electrons. The van der Waals surface area contributed by atoms with Crippen LogP contribution in [0.15, 0.2) is 30.9 Å². The summed E-state index contributed by atoms with van der Waals surface area (Å²) in [7, 11) is 3.56. The van der Waals surface area contributed by atoms with E-state index in [1.807, 2.05) is 30.4 Å². The summed E-state index contributed by atoms with van der Waals surface area (Å²) in [5.74, 6) is 0.360. The molecule has 7 heteroatoms. The van der Waals surface area contributed by atoms with Crippen LogP contribution < -0.4 is 9.80 Å². The summed E-state index contributed by atoms with van der Waals surface area (Å²) in [5, 5.41) is 8.77. The maximum absolute atomic E-state index is 10.7. The van der Waals surface area contributed by atoms with Crippen LogP contribution in [0, 0.1) is 0 Å². The van der Waals surface area contributed by atoms with Gasteiger partial charge >= 0.3 is 5.97 Å². The molecule has 0 bridgehead atoms. The Kier molecular flexibility index (Phi) is 3.65. The molecule has 0 unspecified atom stereocenters. The standard InChI is InChI=1S/C12H15N5O2/c1-16(7-12(18)19)10-5-11(15-8-14-10)17(2)9-3-4-13-6-9/h3-6,8,13H,7H2,1-2H3,(H,18,19). The molecule has 0 spiro atoms. The van der Waals surface area contributed by atoms with Crippen molar-refractivity contribution in [2.45, 2.75) is 0 Å². The molecule has 0 amide bonds. The van der Waals surface area contributed by atoms with Crippen LogP contribution in [0.2, 0.25) is 0 Å². The zero-order valence-corrected chi connectivity index (χ0v) is 10.7. The first-order valence-corrected chi connectivity index (χ1v) is 5.69. The molecule has 0 aliphatic carbocycles. The highest BCUT2D eigenvalue weighted by Crippen LogP contribution is 2.22. The van der Waals surface area contributed by atoms with Crippen LogP contribution in [0.3, 0.4) is 0 Å². The zero-order chi connectivity index (χ0) is 13.8. The van der Waals surface area contributed by atoms with Crippen molar-refractivity contribution in [2.24, 2.45) is 0 Å². The number of aromatic amines is 1. The highest BCUT2D eigenvalue weighted by atomic mass is 16.4. The maximum Gasteiger partial charge on any atom is 0.323 e. The van der Waals surface area contributed by atoms with Crippen molar-refractivity contribution in [1.82, 2.24) is 15.0 Å². The second kappa shape index (κ2) is 5.38. The maximum atomic E-state index is 10.7. The number of carbonyl (C=O) groups is 1. The van der Waals surface area contributed by atoms with E-state index in [-0.39, 0.29) is 6.54 Å². The topological polar surface area (TPSA) is 85.4 Å². The molecule has 0 fully saturated rings. The van der Waals surface area contributed by atoms with Gasteiger partial charge in [-0.3, -0.25) is 4.79 Å². The van der Waals surface area contributed by atoms with Gasteiger partial charge in [-0.25, -0.2) is 9.97 Å². The largest absolute Gasteiger partial charge is 0.480 e. The molecule has 0 aromatic carbocycles. The number of likely N-dealkylation sites (N-methyl/N-ethyl adjacent to an activating group) is 1. The van der Waals surface area contributed by atoms with Crippen molar-refractivity contribution in [2.75, 3.05) is 30.4 Å². The van der Waals surface area contributed by atoms with Crippen LogP contribution in [0.4, 0.5) is 17.3 Å². The lowest BCUT2D eigenvalue weighted by molar-refractivity contribution is -0.135. The summed E-state index contributed by atoms with van der Waals surface area (Å²) in [6.07, 6.45) is 5.10. The molecule has 0 atom stereocenters. The molecule has 7 nitrogen and oxygen atoms in total.